The van der Waals surface area contributed by atoms with E-state index >= 15 is 0 Å². The quantitative estimate of drug-likeness (QED) is 0.758. The zero-order chi connectivity index (χ0) is 14.5. The molecular weight excluding hydrogens is 262 g/mol. The van der Waals surface area contributed by atoms with Crippen molar-refractivity contribution < 1.29 is 4.74 Å². The molecule has 0 atom stereocenters. The maximum Gasteiger partial charge on any atom is 0.132 e. The maximum absolute atomic E-state index is 5.89. The lowest BCUT2D eigenvalue weighted by atomic mass is 10.2. The lowest BCUT2D eigenvalue weighted by Crippen LogP contribution is -2.01. The van der Waals surface area contributed by atoms with Gasteiger partial charge < -0.3 is 10.1 Å². The molecule has 0 aliphatic heterocycles. The Morgan fingerprint density at radius 3 is 2.81 bits per heavy atom. The van der Waals surface area contributed by atoms with Crippen LogP contribution in [0.3, 0.4) is 0 Å². The number of anilines is 1. The molecule has 2 aromatic heterocycles. The van der Waals surface area contributed by atoms with E-state index < -0.39 is 0 Å². The van der Waals surface area contributed by atoms with E-state index in [9.17, 15) is 0 Å². The Morgan fingerprint density at radius 1 is 1.00 bits per heavy atom. The van der Waals surface area contributed by atoms with Crippen molar-refractivity contribution in [2.45, 2.75) is 13.3 Å². The summed E-state index contributed by atoms with van der Waals surface area (Å²) in [6, 6.07) is 13.6. The molecule has 3 rings (SSSR count). The van der Waals surface area contributed by atoms with Crippen LogP contribution in [0.1, 0.15) is 13.3 Å². The van der Waals surface area contributed by atoms with E-state index in [1.165, 1.54) is 0 Å². The lowest BCUT2D eigenvalue weighted by Gasteiger charge is -2.08. The van der Waals surface area contributed by atoms with Crippen LogP contribution in [0.25, 0.3) is 10.9 Å². The van der Waals surface area contributed by atoms with Gasteiger partial charge in [-0.15, -0.1) is 0 Å². The van der Waals surface area contributed by atoms with Gasteiger partial charge in [-0.05, 0) is 30.7 Å². The average Bonchev–Trinajstić information content (AvgIpc) is 2.53. The van der Waals surface area contributed by atoms with Gasteiger partial charge in [0.05, 0.1) is 5.52 Å². The van der Waals surface area contributed by atoms with Crippen LogP contribution < -0.4 is 10.1 Å². The molecule has 21 heavy (non-hydrogen) atoms. The Morgan fingerprint density at radius 2 is 1.90 bits per heavy atom. The molecule has 0 bridgehead atoms. The summed E-state index contributed by atoms with van der Waals surface area (Å²) in [5, 5.41) is 4.35. The smallest absolute Gasteiger partial charge is 0.132 e. The highest BCUT2D eigenvalue weighted by molar-refractivity contribution is 5.79. The molecule has 3 aromatic rings. The highest BCUT2D eigenvalue weighted by Gasteiger charge is 2.02. The monoisotopic (exact) mass is 279 g/mol. The van der Waals surface area contributed by atoms with E-state index in [2.05, 4.69) is 22.2 Å². The zero-order valence-electron chi connectivity index (χ0n) is 11.9. The van der Waals surface area contributed by atoms with Crippen molar-refractivity contribution in [3.63, 3.8) is 0 Å². The lowest BCUT2D eigenvalue weighted by molar-refractivity contribution is 0.483. The van der Waals surface area contributed by atoms with Crippen molar-refractivity contribution in [3.8, 4) is 11.5 Å². The highest BCUT2D eigenvalue weighted by atomic mass is 16.5. The molecule has 4 nitrogen and oxygen atoms in total. The third-order valence-corrected chi connectivity index (χ3v) is 3.10. The fourth-order valence-electron chi connectivity index (χ4n) is 2.07. The minimum absolute atomic E-state index is 0.763. The number of hydrogen-bond donors (Lipinski definition) is 1. The number of ether oxygens (including phenoxy) is 1. The van der Waals surface area contributed by atoms with Crippen LogP contribution in [-0.4, -0.2) is 16.5 Å². The summed E-state index contributed by atoms with van der Waals surface area (Å²) < 4.78 is 5.89. The van der Waals surface area contributed by atoms with Gasteiger partial charge >= 0.3 is 0 Å². The van der Waals surface area contributed by atoms with E-state index in [1.807, 2.05) is 42.5 Å². The largest absolute Gasteiger partial charge is 0.457 e. The summed E-state index contributed by atoms with van der Waals surface area (Å²) in [6.45, 7) is 3.02. The molecule has 0 saturated heterocycles. The van der Waals surface area contributed by atoms with Crippen molar-refractivity contribution in [2.24, 2.45) is 0 Å². The summed E-state index contributed by atoms with van der Waals surface area (Å²) in [6.07, 6.45) is 4.58. The second-order valence-corrected chi connectivity index (χ2v) is 4.76. The number of nitrogens with one attached hydrogen (secondary N) is 1. The number of fused-ring (bicyclic) bond motifs is 1. The molecule has 0 aliphatic rings. The molecule has 106 valence electrons. The van der Waals surface area contributed by atoms with Crippen molar-refractivity contribution in [2.75, 3.05) is 11.9 Å². The van der Waals surface area contributed by atoms with Crippen molar-refractivity contribution in [1.29, 1.82) is 0 Å². The molecule has 0 radical (unpaired) electrons. The maximum atomic E-state index is 5.89. The van der Waals surface area contributed by atoms with Crippen LogP contribution in [0.15, 0.2) is 54.9 Å². The molecule has 0 fully saturated rings. The minimum Gasteiger partial charge on any atom is -0.457 e. The molecule has 2 heterocycles. The van der Waals surface area contributed by atoms with Gasteiger partial charge in [-0.3, -0.25) is 4.98 Å². The van der Waals surface area contributed by atoms with E-state index in [0.29, 0.717) is 0 Å². The SMILES string of the molecule is CCCNc1cc(Oc2ccc3cccnc3c2)ccn1. The summed E-state index contributed by atoms with van der Waals surface area (Å²) in [4.78, 5) is 8.60. The summed E-state index contributed by atoms with van der Waals surface area (Å²) in [5.74, 6) is 2.36. The fraction of sp³-hybridized carbons (Fsp3) is 0.176. The Balaban J connectivity index is 1.81. The third-order valence-electron chi connectivity index (χ3n) is 3.10. The number of pyridine rings is 2. The number of hydrogen-bond acceptors (Lipinski definition) is 4. The summed E-state index contributed by atoms with van der Waals surface area (Å²) in [7, 11) is 0. The first-order chi connectivity index (χ1) is 10.3. The second kappa shape index (κ2) is 6.22. The highest BCUT2D eigenvalue weighted by Crippen LogP contribution is 2.25. The van der Waals surface area contributed by atoms with Gasteiger partial charge in [-0.2, -0.15) is 0 Å². The van der Waals surface area contributed by atoms with Crippen LogP contribution in [-0.2, 0) is 0 Å². The molecule has 0 amide bonds. The van der Waals surface area contributed by atoms with Crippen LogP contribution in [0.4, 0.5) is 5.82 Å². The molecule has 0 unspecified atom stereocenters. The third kappa shape index (κ3) is 3.28. The minimum atomic E-state index is 0.763. The van der Waals surface area contributed by atoms with Gasteiger partial charge in [0.15, 0.2) is 0 Å². The van der Waals surface area contributed by atoms with Gasteiger partial charge in [-0.25, -0.2) is 4.98 Å². The Labute approximate surface area is 123 Å². The van der Waals surface area contributed by atoms with Gasteiger partial charge in [0.1, 0.15) is 17.3 Å². The second-order valence-electron chi connectivity index (χ2n) is 4.76. The van der Waals surface area contributed by atoms with Gasteiger partial charge in [0.2, 0.25) is 0 Å². The molecular formula is C17H17N3O. The van der Waals surface area contributed by atoms with E-state index in [1.54, 1.807) is 12.4 Å². The number of rotatable bonds is 5. The number of nitrogens with zero attached hydrogens (tertiary/aromatic N) is 2. The van der Waals surface area contributed by atoms with Crippen LogP contribution in [0.2, 0.25) is 0 Å². The van der Waals surface area contributed by atoms with E-state index in [-0.39, 0.29) is 0 Å². The standard InChI is InChI=1S/C17H17N3O/c1-2-8-19-17-12-15(7-10-20-17)21-14-6-5-13-4-3-9-18-16(13)11-14/h3-7,9-12H,2,8H2,1H3,(H,19,20). The van der Waals surface area contributed by atoms with Gasteiger partial charge in [0.25, 0.3) is 0 Å². The summed E-state index contributed by atoms with van der Waals surface area (Å²) in [5.41, 5.74) is 0.924. The summed E-state index contributed by atoms with van der Waals surface area (Å²) >= 11 is 0. The van der Waals surface area contributed by atoms with E-state index in [4.69, 9.17) is 4.74 Å². The topological polar surface area (TPSA) is 47.0 Å². The molecule has 0 spiro atoms. The average molecular weight is 279 g/mol. The number of aromatic nitrogens is 2. The fourth-order valence-corrected chi connectivity index (χ4v) is 2.07. The van der Waals surface area contributed by atoms with Crippen LogP contribution in [0, 0.1) is 0 Å². The van der Waals surface area contributed by atoms with Crippen molar-refractivity contribution >= 4 is 16.7 Å². The predicted octanol–water partition coefficient (Wildman–Crippen LogP) is 4.24. The van der Waals surface area contributed by atoms with Crippen molar-refractivity contribution in [1.82, 2.24) is 9.97 Å². The first kappa shape index (κ1) is 13.4. The normalized spacial score (nSPS) is 10.5. The number of benzene rings is 1. The molecule has 1 aromatic carbocycles. The predicted molar refractivity (Wildman–Crippen MR) is 84.8 cm³/mol. The Hall–Kier alpha value is -2.62. The van der Waals surface area contributed by atoms with Crippen LogP contribution >= 0.6 is 0 Å². The Bertz CT molecular complexity index is 743. The van der Waals surface area contributed by atoms with Gasteiger partial charge in [-0.1, -0.05) is 13.0 Å². The van der Waals surface area contributed by atoms with Gasteiger partial charge in [0, 0.05) is 36.5 Å². The first-order valence-corrected chi connectivity index (χ1v) is 7.08. The Kier molecular flexibility index (Phi) is 3.96. The van der Waals surface area contributed by atoms with Crippen molar-refractivity contribution in [3.05, 3.63) is 54.9 Å². The molecule has 1 N–H and O–H groups in total. The molecule has 0 aliphatic carbocycles. The van der Waals surface area contributed by atoms with E-state index in [0.717, 1.165) is 41.2 Å². The molecule has 0 saturated carbocycles. The first-order valence-electron chi connectivity index (χ1n) is 7.08. The molecule has 4 heteroatoms. The van der Waals surface area contributed by atoms with Crippen LogP contribution in [0.5, 0.6) is 11.5 Å². The zero-order valence-corrected chi connectivity index (χ0v) is 11.9.